The Hall–Kier alpha value is -11.3. The van der Waals surface area contributed by atoms with Crippen LogP contribution in [0.4, 0.5) is 0 Å². The highest BCUT2D eigenvalue weighted by Gasteiger charge is 2.21. The Morgan fingerprint density at radius 2 is 0.651 bits per heavy atom. The van der Waals surface area contributed by atoms with Crippen molar-refractivity contribution < 1.29 is 50.0 Å². The van der Waals surface area contributed by atoms with Gasteiger partial charge in [0.2, 0.25) is 0 Å². The highest BCUT2D eigenvalue weighted by Crippen LogP contribution is 2.48. The lowest BCUT2D eigenvalue weighted by molar-refractivity contribution is 0.668. The van der Waals surface area contributed by atoms with Crippen molar-refractivity contribution >= 4 is 109 Å². The summed E-state index contributed by atoms with van der Waals surface area (Å²) in [4.78, 5) is 0. The normalized spacial score (nSPS) is 16.6. The summed E-state index contributed by atoms with van der Waals surface area (Å²) in [6.45, 7) is 0. The van der Waals surface area contributed by atoms with Gasteiger partial charge in [-0.1, -0.05) is 278 Å². The van der Waals surface area contributed by atoms with Crippen LogP contribution in [0.5, 0.6) is 0 Å². The number of hydrogen-bond acceptors (Lipinski definition) is 2. The summed E-state index contributed by atoms with van der Waals surface area (Å²) in [5, 5.41) is 0.0945. The van der Waals surface area contributed by atoms with E-state index in [1.54, 1.807) is 48.5 Å². The van der Waals surface area contributed by atoms with Gasteiger partial charge in [0.05, 0.1) is 41.1 Å². The second-order valence-corrected chi connectivity index (χ2v) is 20.2. The number of fused-ring (bicyclic) bond motifs is 12. The van der Waals surface area contributed by atoms with Crippen molar-refractivity contribution in [3.63, 3.8) is 0 Å². The van der Waals surface area contributed by atoms with Crippen molar-refractivity contribution in [2.24, 2.45) is 0 Å². The van der Waals surface area contributed by atoms with Gasteiger partial charge in [0.1, 0.15) is 22.3 Å². The van der Waals surface area contributed by atoms with Crippen LogP contribution in [0.15, 0.2) is 324 Å². The molecule has 2 heterocycles. The predicted octanol–water partition coefficient (Wildman–Crippen LogP) is 24.1. The van der Waals surface area contributed by atoms with Crippen molar-refractivity contribution in [2.45, 2.75) is 0 Å². The fourth-order valence-corrected chi connectivity index (χ4v) is 11.8. The predicted molar refractivity (Wildman–Crippen MR) is 365 cm³/mol. The summed E-state index contributed by atoms with van der Waals surface area (Å²) < 4.78 is 279. The maximum atomic E-state index is 9.39. The first kappa shape index (κ1) is 27.8. The largest absolute Gasteiger partial charge is 0.456 e. The van der Waals surface area contributed by atoms with Crippen molar-refractivity contribution in [2.75, 3.05) is 0 Å². The quantitative estimate of drug-likeness (QED) is 0.155. The van der Waals surface area contributed by atoms with Crippen LogP contribution in [-0.2, 0) is 0 Å². The molecule has 0 N–H and O–H groups in total. The highest BCUT2D eigenvalue weighted by molar-refractivity contribution is 6.25. The molecule has 0 radical (unpaired) electrons. The van der Waals surface area contributed by atoms with E-state index in [1.807, 2.05) is 84.9 Å². The van der Waals surface area contributed by atoms with E-state index in [2.05, 4.69) is 0 Å². The molecule has 0 aliphatic rings. The SMILES string of the molecule is [2H]c1c([2H])c([2H])c2c(-c3c4c([2H])c([2H])c([2H])c([2H])c4c(-c4ccc(-c5ccc6oc7ccccc7c6c5)cc4)c4c([2H])c([2H])c([2H])c([2H])c34)c([2H])c([2H])c([2H])c2c1[2H].[2H]c1c([2H])c([2H])c2c([2H])c(-c3c4c([2H])c([2H])c([2H])c([2H])c4c(-c4ccc(-c5cccc6oc7ccccc7c56)cc4)c4c([2H])c([2H])c([2H])c([2H])c34)c([2H])c([2H])c2c1[2H]. The Morgan fingerprint density at radius 1 is 0.221 bits per heavy atom. The molecule has 0 fully saturated rings. The molecule has 400 valence electrons. The molecule has 0 saturated heterocycles. The molecule has 18 aromatic rings. The molecule has 18 rings (SSSR count). The van der Waals surface area contributed by atoms with Gasteiger partial charge >= 0.3 is 0 Å². The van der Waals surface area contributed by atoms with Gasteiger partial charge < -0.3 is 8.83 Å². The monoisotopic (exact) mass is 1120 g/mol. The molecule has 2 nitrogen and oxygen atoms in total. The molecular formula is C84H52O2. The average Bonchev–Trinajstić information content (AvgIpc) is 0.777. The minimum Gasteiger partial charge on any atom is -0.456 e. The van der Waals surface area contributed by atoms with E-state index in [-0.39, 0.29) is 65.3 Å². The summed E-state index contributed by atoms with van der Waals surface area (Å²) in [5.74, 6) is 0. The molecule has 0 spiro atoms. The maximum absolute atomic E-state index is 9.39. The summed E-state index contributed by atoms with van der Waals surface area (Å²) in [7, 11) is 0. The molecule has 2 heteroatoms. The number of benzene rings is 16. The summed E-state index contributed by atoms with van der Waals surface area (Å²) >= 11 is 0. The van der Waals surface area contributed by atoms with Crippen molar-refractivity contribution in [1.29, 1.82) is 0 Å². The lowest BCUT2D eigenvalue weighted by Gasteiger charge is -2.19. The number of para-hydroxylation sites is 2. The van der Waals surface area contributed by atoms with Gasteiger partial charge in [0.15, 0.2) is 0 Å². The van der Waals surface area contributed by atoms with Gasteiger partial charge in [-0.15, -0.1) is 0 Å². The van der Waals surface area contributed by atoms with Crippen LogP contribution in [0.25, 0.3) is 175 Å². The summed E-state index contributed by atoms with van der Waals surface area (Å²) in [6.07, 6.45) is 0. The standard InChI is InChI=1S/2C42H26O/c1-2-12-31-28(10-1)11-9-18-33(31)42-36-16-5-3-14-34(36)41(35-15-4-6-17-37(35)42)29-22-20-27(21-23-29)30-24-25-40-38(26-30)32-13-7-8-19-39(32)43-40;1-2-11-30-26-31(25-20-27(30)10-1)41-35-14-5-3-12-33(35)40(34-13-4-6-15-36(34)41)29-23-21-28(22-24-29)32-17-9-19-39-42(32)37-16-7-8-18-38(37)43-39/h2*1-26H/i1D,2D,3D,4D,5D,6D,9D,10D,11D,12D,14D,15D,16D,17D,18D;1D,2D,3D,4D,5D,6D,10D,11D,12D,13D,14D,15D,20D,25D,26D. The van der Waals surface area contributed by atoms with Crippen molar-refractivity contribution in [1.82, 2.24) is 0 Å². The Labute approximate surface area is 538 Å². The minimum absolute atomic E-state index is 0.0385. The molecular weight excluding hydrogens is 1040 g/mol. The Bertz CT molecular complexity index is 7390. The summed E-state index contributed by atoms with van der Waals surface area (Å²) in [6, 6.07) is 20.6. The average molecular weight is 1120 g/mol. The van der Waals surface area contributed by atoms with Crippen LogP contribution in [-0.4, -0.2) is 0 Å². The van der Waals surface area contributed by atoms with Gasteiger partial charge in [0.25, 0.3) is 0 Å². The van der Waals surface area contributed by atoms with E-state index < -0.39 is 214 Å². The third kappa shape index (κ3) is 8.10. The van der Waals surface area contributed by atoms with Crippen molar-refractivity contribution in [3.8, 4) is 66.8 Å². The van der Waals surface area contributed by atoms with Crippen LogP contribution >= 0.6 is 0 Å². The maximum Gasteiger partial charge on any atom is 0.136 e. The van der Waals surface area contributed by atoms with Gasteiger partial charge in [0, 0.05) is 21.5 Å². The molecule has 86 heavy (non-hydrogen) atoms. The zero-order chi connectivity index (χ0) is 82.8. The molecule has 0 unspecified atom stereocenters. The molecule has 0 amide bonds. The third-order valence-electron chi connectivity index (χ3n) is 15.6. The fourth-order valence-electron chi connectivity index (χ4n) is 11.8. The fraction of sp³-hybridized carbons (Fsp3) is 0. The first-order chi connectivity index (χ1) is 55.1. The lowest BCUT2D eigenvalue weighted by atomic mass is 9.84. The Morgan fingerprint density at radius 3 is 1.27 bits per heavy atom. The van der Waals surface area contributed by atoms with Crippen LogP contribution in [0.2, 0.25) is 0 Å². The van der Waals surface area contributed by atoms with Crippen LogP contribution < -0.4 is 0 Å². The molecule has 0 atom stereocenters. The third-order valence-corrected chi connectivity index (χ3v) is 15.6. The van der Waals surface area contributed by atoms with Gasteiger partial charge in [-0.3, -0.25) is 0 Å². The van der Waals surface area contributed by atoms with Crippen LogP contribution in [0.1, 0.15) is 41.1 Å². The molecule has 0 saturated carbocycles. The minimum atomic E-state index is -0.753. The second-order valence-electron chi connectivity index (χ2n) is 20.2. The lowest BCUT2D eigenvalue weighted by Crippen LogP contribution is -1.91. The van der Waals surface area contributed by atoms with E-state index in [1.165, 1.54) is 0 Å². The van der Waals surface area contributed by atoms with E-state index in [9.17, 15) is 15.1 Å². The van der Waals surface area contributed by atoms with Crippen LogP contribution in [0, 0.1) is 0 Å². The first-order valence-electron chi connectivity index (χ1n) is 42.1. The highest BCUT2D eigenvalue weighted by atomic mass is 16.3. The van der Waals surface area contributed by atoms with Gasteiger partial charge in [-0.05, 0) is 168 Å². The van der Waals surface area contributed by atoms with Crippen molar-refractivity contribution in [3.05, 3.63) is 315 Å². The molecule has 0 bridgehead atoms. The molecule has 0 aliphatic heterocycles. The summed E-state index contributed by atoms with van der Waals surface area (Å²) in [5.41, 5.74) is 5.13. The molecule has 16 aromatic carbocycles. The Kier molecular flexibility index (Phi) is 6.55. The zero-order valence-electron chi connectivity index (χ0n) is 74.5. The Balaban J connectivity index is 0.000000167. The first-order valence-corrected chi connectivity index (χ1v) is 27.1. The molecule has 2 aromatic heterocycles. The van der Waals surface area contributed by atoms with Gasteiger partial charge in [-0.2, -0.15) is 0 Å². The number of hydrogen-bond donors (Lipinski definition) is 0. The molecule has 0 aliphatic carbocycles. The zero-order valence-corrected chi connectivity index (χ0v) is 44.5. The van der Waals surface area contributed by atoms with E-state index >= 15 is 0 Å². The van der Waals surface area contributed by atoms with E-state index in [4.69, 9.17) is 34.9 Å². The second kappa shape index (κ2) is 20.2. The van der Waals surface area contributed by atoms with Gasteiger partial charge in [-0.25, -0.2) is 0 Å². The van der Waals surface area contributed by atoms with E-state index in [0.717, 1.165) is 49.4 Å². The van der Waals surface area contributed by atoms with E-state index in [0.29, 0.717) is 27.9 Å². The van der Waals surface area contributed by atoms with Crippen LogP contribution in [0.3, 0.4) is 0 Å². The topological polar surface area (TPSA) is 26.3 Å². The number of rotatable bonds is 6. The smallest absolute Gasteiger partial charge is 0.136 e. The number of furan rings is 2.